The van der Waals surface area contributed by atoms with E-state index in [1.807, 2.05) is 24.3 Å². The summed E-state index contributed by atoms with van der Waals surface area (Å²) in [5.41, 5.74) is 2.78. The lowest BCUT2D eigenvalue weighted by Gasteiger charge is -2.30. The maximum absolute atomic E-state index is 6.07. The van der Waals surface area contributed by atoms with Crippen LogP contribution in [0.2, 0.25) is 0 Å². The van der Waals surface area contributed by atoms with Gasteiger partial charge in [-0.05, 0) is 35.1 Å². The van der Waals surface area contributed by atoms with Gasteiger partial charge in [-0.2, -0.15) is 0 Å². The largest absolute Gasteiger partial charge is 0.493 e. The van der Waals surface area contributed by atoms with Crippen LogP contribution in [0.5, 0.6) is 11.5 Å². The van der Waals surface area contributed by atoms with Crippen molar-refractivity contribution in [1.82, 2.24) is 5.32 Å². The Hall–Kier alpha value is -2.00. The minimum Gasteiger partial charge on any atom is -0.493 e. The molecule has 1 aliphatic rings. The average molecular weight is 325 g/mol. The predicted molar refractivity (Wildman–Crippen MR) is 97.8 cm³/mol. The second-order valence-electron chi connectivity index (χ2n) is 6.88. The Kier molecular flexibility index (Phi) is 5.10. The zero-order valence-corrected chi connectivity index (χ0v) is 14.8. The molecule has 24 heavy (non-hydrogen) atoms. The number of hydrogen-bond donors (Lipinski definition) is 1. The molecule has 1 aliphatic heterocycles. The second-order valence-corrected chi connectivity index (χ2v) is 6.88. The Balaban J connectivity index is 1.83. The van der Waals surface area contributed by atoms with Crippen LogP contribution in [-0.4, -0.2) is 20.2 Å². The third-order valence-electron chi connectivity index (χ3n) is 5.35. The van der Waals surface area contributed by atoms with Crippen LogP contribution in [0, 0.1) is 5.41 Å². The second kappa shape index (κ2) is 7.27. The lowest BCUT2D eigenvalue weighted by atomic mass is 9.74. The van der Waals surface area contributed by atoms with Crippen LogP contribution in [0.25, 0.3) is 0 Å². The maximum atomic E-state index is 6.07. The molecule has 3 heteroatoms. The number of nitrogens with one attached hydrogen (secondary N) is 1. The molecule has 2 atom stereocenters. The van der Waals surface area contributed by atoms with Crippen LogP contribution in [0.3, 0.4) is 0 Å². The Labute approximate surface area is 145 Å². The van der Waals surface area contributed by atoms with E-state index in [9.17, 15) is 0 Å². The highest BCUT2D eigenvalue weighted by molar-refractivity contribution is 5.45. The average Bonchev–Trinajstić information content (AvgIpc) is 3.03. The van der Waals surface area contributed by atoms with Crippen LogP contribution in [0.15, 0.2) is 48.5 Å². The highest BCUT2D eigenvalue weighted by Crippen LogP contribution is 2.43. The summed E-state index contributed by atoms with van der Waals surface area (Å²) >= 11 is 0. The maximum Gasteiger partial charge on any atom is 0.161 e. The molecule has 0 radical (unpaired) electrons. The monoisotopic (exact) mass is 325 g/mol. The fourth-order valence-corrected chi connectivity index (χ4v) is 3.52. The van der Waals surface area contributed by atoms with Crippen LogP contribution in [0.1, 0.15) is 37.3 Å². The molecule has 128 valence electrons. The van der Waals surface area contributed by atoms with Crippen LogP contribution in [0.4, 0.5) is 0 Å². The van der Waals surface area contributed by atoms with Gasteiger partial charge in [-0.25, -0.2) is 0 Å². The van der Waals surface area contributed by atoms with Gasteiger partial charge in [0.25, 0.3) is 0 Å². The molecule has 2 aromatic rings. The fourth-order valence-electron chi connectivity index (χ4n) is 3.52. The molecule has 0 aromatic heterocycles. The van der Waals surface area contributed by atoms with Crippen molar-refractivity contribution < 1.29 is 9.47 Å². The smallest absolute Gasteiger partial charge is 0.161 e. The van der Waals surface area contributed by atoms with Gasteiger partial charge < -0.3 is 14.8 Å². The molecule has 0 unspecified atom stereocenters. The van der Waals surface area contributed by atoms with Gasteiger partial charge in [0.2, 0.25) is 0 Å². The van der Waals surface area contributed by atoms with Gasteiger partial charge in [0.15, 0.2) is 11.5 Å². The lowest BCUT2D eigenvalue weighted by Crippen LogP contribution is -2.24. The molecule has 3 rings (SSSR count). The quantitative estimate of drug-likeness (QED) is 0.855. The van der Waals surface area contributed by atoms with Crippen LogP contribution in [-0.2, 0) is 6.61 Å². The molecule has 2 aromatic carbocycles. The summed E-state index contributed by atoms with van der Waals surface area (Å²) < 4.78 is 11.6. The Morgan fingerprint density at radius 3 is 2.62 bits per heavy atom. The van der Waals surface area contributed by atoms with E-state index < -0.39 is 0 Å². The van der Waals surface area contributed by atoms with Crippen molar-refractivity contribution in [1.29, 1.82) is 0 Å². The Morgan fingerprint density at radius 1 is 1.12 bits per heavy atom. The zero-order chi connectivity index (χ0) is 17.0. The minimum atomic E-state index is 0.297. The van der Waals surface area contributed by atoms with Crippen molar-refractivity contribution in [3.05, 3.63) is 59.7 Å². The summed E-state index contributed by atoms with van der Waals surface area (Å²) in [5, 5.41) is 3.55. The molecule has 3 nitrogen and oxygen atoms in total. The molecular formula is C21H27NO2. The fraction of sp³-hybridized carbons (Fsp3) is 0.429. The molecule has 0 spiro atoms. The van der Waals surface area contributed by atoms with Crippen molar-refractivity contribution in [2.75, 3.05) is 20.2 Å². The molecule has 1 heterocycles. The van der Waals surface area contributed by atoms with Crippen molar-refractivity contribution in [3.8, 4) is 11.5 Å². The highest BCUT2D eigenvalue weighted by atomic mass is 16.5. The minimum absolute atomic E-state index is 0.297. The van der Waals surface area contributed by atoms with Crippen molar-refractivity contribution >= 4 is 0 Å². The number of ether oxygens (including phenoxy) is 2. The van der Waals surface area contributed by atoms with Crippen LogP contribution < -0.4 is 14.8 Å². The van der Waals surface area contributed by atoms with Gasteiger partial charge >= 0.3 is 0 Å². The van der Waals surface area contributed by atoms with E-state index in [1.165, 1.54) is 5.56 Å². The van der Waals surface area contributed by atoms with Crippen LogP contribution >= 0.6 is 0 Å². The standard InChI is InChI=1S/C21H27NO2/c1-4-21(2)15-22-13-18(21)17-10-11-19(23-3)20(12-17)24-14-16-8-6-5-7-9-16/h5-12,18,22H,4,13-15H2,1-3H3/t18-,21+/m0/s1. The molecule has 1 N–H and O–H groups in total. The zero-order valence-electron chi connectivity index (χ0n) is 14.8. The predicted octanol–water partition coefficient (Wildman–Crippen LogP) is 4.38. The SMILES string of the molecule is CC[C@]1(C)CNC[C@H]1c1ccc(OC)c(OCc2ccccc2)c1. The summed E-state index contributed by atoms with van der Waals surface area (Å²) in [5.74, 6) is 2.12. The van der Waals surface area contributed by atoms with Gasteiger partial charge in [-0.15, -0.1) is 0 Å². The van der Waals surface area contributed by atoms with E-state index in [0.29, 0.717) is 17.9 Å². The van der Waals surface area contributed by atoms with E-state index in [-0.39, 0.29) is 0 Å². The number of methoxy groups -OCH3 is 1. The van der Waals surface area contributed by atoms with E-state index in [1.54, 1.807) is 7.11 Å². The third-order valence-corrected chi connectivity index (χ3v) is 5.35. The Bertz CT molecular complexity index is 671. The van der Waals surface area contributed by atoms with Gasteiger partial charge in [0.05, 0.1) is 7.11 Å². The third kappa shape index (κ3) is 3.41. The topological polar surface area (TPSA) is 30.5 Å². The summed E-state index contributed by atoms with van der Waals surface area (Å²) in [6.07, 6.45) is 1.16. The van der Waals surface area contributed by atoms with Gasteiger partial charge in [0.1, 0.15) is 6.61 Å². The summed E-state index contributed by atoms with van der Waals surface area (Å²) in [6.45, 7) is 7.28. The first-order valence-electron chi connectivity index (χ1n) is 8.71. The summed E-state index contributed by atoms with van der Waals surface area (Å²) in [6, 6.07) is 16.6. The summed E-state index contributed by atoms with van der Waals surface area (Å²) in [7, 11) is 1.69. The number of rotatable bonds is 6. The van der Waals surface area contributed by atoms with Gasteiger partial charge in [0, 0.05) is 19.0 Å². The first-order chi connectivity index (χ1) is 11.7. The molecule has 1 fully saturated rings. The van der Waals surface area contributed by atoms with E-state index in [0.717, 1.165) is 36.6 Å². The molecular weight excluding hydrogens is 298 g/mol. The lowest BCUT2D eigenvalue weighted by molar-refractivity contribution is 0.281. The summed E-state index contributed by atoms with van der Waals surface area (Å²) in [4.78, 5) is 0. The first-order valence-corrected chi connectivity index (χ1v) is 8.71. The molecule has 0 aliphatic carbocycles. The molecule has 0 amide bonds. The molecule has 1 saturated heterocycles. The number of hydrogen-bond acceptors (Lipinski definition) is 3. The van der Waals surface area contributed by atoms with Gasteiger partial charge in [-0.3, -0.25) is 0 Å². The Morgan fingerprint density at radius 2 is 1.92 bits per heavy atom. The van der Waals surface area contributed by atoms with E-state index >= 15 is 0 Å². The van der Waals surface area contributed by atoms with E-state index in [2.05, 4.69) is 43.4 Å². The normalized spacial score (nSPS) is 23.2. The first kappa shape index (κ1) is 16.8. The van der Waals surface area contributed by atoms with Crippen molar-refractivity contribution in [3.63, 3.8) is 0 Å². The van der Waals surface area contributed by atoms with Crippen molar-refractivity contribution in [2.24, 2.45) is 5.41 Å². The molecule has 0 bridgehead atoms. The molecule has 0 saturated carbocycles. The van der Waals surface area contributed by atoms with E-state index in [4.69, 9.17) is 9.47 Å². The van der Waals surface area contributed by atoms with Gasteiger partial charge in [-0.1, -0.05) is 50.2 Å². The number of benzene rings is 2. The highest BCUT2D eigenvalue weighted by Gasteiger charge is 2.38. The van der Waals surface area contributed by atoms with Crippen molar-refractivity contribution in [2.45, 2.75) is 32.8 Å².